The van der Waals surface area contributed by atoms with Crippen LogP contribution in [0.3, 0.4) is 0 Å². The van der Waals surface area contributed by atoms with Crippen LogP contribution < -0.4 is 9.62 Å². The van der Waals surface area contributed by atoms with E-state index in [4.69, 9.17) is 4.18 Å². The Bertz CT molecular complexity index is 950. The van der Waals surface area contributed by atoms with Gasteiger partial charge in [0.05, 0.1) is 11.3 Å². The molecule has 28 heavy (non-hydrogen) atoms. The number of imide groups is 1. The molecule has 0 saturated carbocycles. The van der Waals surface area contributed by atoms with Gasteiger partial charge in [0.2, 0.25) is 0 Å². The van der Waals surface area contributed by atoms with Crippen molar-refractivity contribution in [2.45, 2.75) is 0 Å². The molecule has 3 amide bonds. The molecule has 0 aliphatic rings. The molecule has 0 heterocycles. The first-order valence-corrected chi connectivity index (χ1v) is 9.04. The Labute approximate surface area is 166 Å². The quantitative estimate of drug-likeness (QED) is 0.512. The van der Waals surface area contributed by atoms with Crippen LogP contribution in [0.15, 0.2) is 91.0 Å². The number of carbonyl (C=O) groups is 3. The Morgan fingerprint density at radius 3 is 1.79 bits per heavy atom. The number of anilines is 1. The van der Waals surface area contributed by atoms with Crippen LogP contribution in [0, 0.1) is 0 Å². The van der Waals surface area contributed by atoms with Crippen molar-refractivity contribution in [3.8, 4) is 0 Å². The summed E-state index contributed by atoms with van der Waals surface area (Å²) in [6, 6.07) is 24.6. The highest BCUT2D eigenvalue weighted by atomic mass is 32.2. The number of nitrogens with one attached hydrogen (secondary N) is 1. The van der Waals surface area contributed by atoms with E-state index in [1.165, 1.54) is 0 Å². The maximum absolute atomic E-state index is 12.7. The van der Waals surface area contributed by atoms with Crippen molar-refractivity contribution in [1.82, 2.24) is 5.32 Å². The third-order valence-corrected chi connectivity index (χ3v) is 4.38. The summed E-state index contributed by atoms with van der Waals surface area (Å²) in [7, 11) is 0. The fourth-order valence-corrected chi connectivity index (χ4v) is 2.82. The fraction of sp³-hybridized carbons (Fsp3) is 0. The maximum atomic E-state index is 12.7. The second kappa shape index (κ2) is 9.38. The van der Waals surface area contributed by atoms with Gasteiger partial charge in [-0.25, -0.2) is 13.9 Å². The predicted octanol–water partition coefficient (Wildman–Crippen LogP) is 4.46. The molecule has 1 N–H and O–H groups in total. The Kier molecular flexibility index (Phi) is 6.43. The van der Waals surface area contributed by atoms with Crippen molar-refractivity contribution in [2.24, 2.45) is 0 Å². The van der Waals surface area contributed by atoms with Gasteiger partial charge in [-0.05, 0) is 36.4 Å². The van der Waals surface area contributed by atoms with E-state index >= 15 is 0 Å². The van der Waals surface area contributed by atoms with Gasteiger partial charge in [0.15, 0.2) is 12.2 Å². The number of nitrogens with zero attached hydrogens (tertiary/aromatic N) is 1. The summed E-state index contributed by atoms with van der Waals surface area (Å²) in [5, 5.41) is 2.29. The van der Waals surface area contributed by atoms with Crippen LogP contribution in [-0.4, -0.2) is 17.9 Å². The molecule has 0 aromatic heterocycles. The Morgan fingerprint density at radius 1 is 0.714 bits per heavy atom. The molecule has 3 aromatic rings. The summed E-state index contributed by atoms with van der Waals surface area (Å²) in [5.74, 6) is -1.16. The molecule has 3 aromatic carbocycles. The number of hydrogen-bond acceptors (Lipinski definition) is 5. The first-order chi connectivity index (χ1) is 13.6. The second-order valence-electron chi connectivity index (χ2n) is 5.57. The summed E-state index contributed by atoms with van der Waals surface area (Å²) < 4.78 is 6.28. The zero-order chi connectivity index (χ0) is 19.8. The number of hydrogen-bond donors (Lipinski definition) is 1. The monoisotopic (exact) mass is 392 g/mol. The molecule has 0 aliphatic heterocycles. The van der Waals surface area contributed by atoms with Gasteiger partial charge in [-0.1, -0.05) is 54.6 Å². The number of urea groups is 1. The fourth-order valence-electron chi connectivity index (χ4n) is 2.26. The molecule has 6 nitrogen and oxygen atoms in total. The molecule has 0 atom stereocenters. The molecule has 0 bridgehead atoms. The van der Waals surface area contributed by atoms with Crippen molar-refractivity contribution in [3.05, 3.63) is 102 Å². The summed E-state index contributed by atoms with van der Waals surface area (Å²) >= 11 is 0.542. The zero-order valence-corrected chi connectivity index (χ0v) is 15.5. The summed E-state index contributed by atoms with van der Waals surface area (Å²) in [5.41, 5.74) is 1.14. The van der Waals surface area contributed by atoms with Crippen molar-refractivity contribution < 1.29 is 18.6 Å². The summed E-state index contributed by atoms with van der Waals surface area (Å²) in [6.45, 7) is 0. The highest BCUT2D eigenvalue weighted by Crippen LogP contribution is 2.24. The molecular weight excluding hydrogens is 376 g/mol. The van der Waals surface area contributed by atoms with Gasteiger partial charge in [0, 0.05) is 5.56 Å². The standard InChI is InChI=1S/C21H16N2O4S/c24-19(16-10-4-1-5-11-16)22-21(26)23(18-14-8-3-9-15-18)28-27-20(25)17-12-6-2-7-13-17/h1-15H,(H,22,24,26). The van der Waals surface area contributed by atoms with Crippen molar-refractivity contribution in [2.75, 3.05) is 4.31 Å². The summed E-state index contributed by atoms with van der Waals surface area (Å²) in [4.78, 5) is 37.1. The van der Waals surface area contributed by atoms with Crippen LogP contribution in [0.4, 0.5) is 10.5 Å². The number of carbonyl (C=O) groups excluding carboxylic acids is 3. The van der Waals surface area contributed by atoms with Crippen molar-refractivity contribution >= 4 is 35.8 Å². The van der Waals surface area contributed by atoms with E-state index in [2.05, 4.69) is 5.32 Å². The first-order valence-electron chi connectivity index (χ1n) is 8.35. The van der Waals surface area contributed by atoms with Gasteiger partial charge in [-0.2, -0.15) is 0 Å². The molecule has 0 saturated heterocycles. The minimum Gasteiger partial charge on any atom is -0.365 e. The normalized spacial score (nSPS) is 10.0. The van der Waals surface area contributed by atoms with E-state index in [9.17, 15) is 14.4 Å². The van der Waals surface area contributed by atoms with Crippen molar-refractivity contribution in [1.29, 1.82) is 0 Å². The van der Waals surface area contributed by atoms with Gasteiger partial charge in [0.1, 0.15) is 0 Å². The average molecular weight is 392 g/mol. The maximum Gasteiger partial charge on any atom is 0.351 e. The third kappa shape index (κ3) is 4.99. The van der Waals surface area contributed by atoms with E-state index in [-0.39, 0.29) is 0 Å². The van der Waals surface area contributed by atoms with Crippen LogP contribution in [0.5, 0.6) is 0 Å². The van der Waals surface area contributed by atoms with E-state index in [1.807, 2.05) is 0 Å². The molecule has 0 unspecified atom stereocenters. The van der Waals surface area contributed by atoms with E-state index in [0.29, 0.717) is 29.0 Å². The van der Waals surface area contributed by atoms with Crippen LogP contribution in [0.1, 0.15) is 20.7 Å². The number of para-hydroxylation sites is 1. The largest absolute Gasteiger partial charge is 0.365 e. The minimum atomic E-state index is -0.731. The number of amides is 3. The molecule has 3 rings (SSSR count). The Morgan fingerprint density at radius 2 is 1.21 bits per heavy atom. The highest BCUT2D eigenvalue weighted by molar-refractivity contribution is 7.97. The molecule has 0 spiro atoms. The van der Waals surface area contributed by atoms with E-state index in [0.717, 1.165) is 4.31 Å². The predicted molar refractivity (Wildman–Crippen MR) is 108 cm³/mol. The SMILES string of the molecule is O=C(NC(=O)N(SOC(=O)c1ccccc1)c1ccccc1)c1ccccc1. The molecular formula is C21H16N2O4S. The second-order valence-corrected chi connectivity index (χ2v) is 6.25. The average Bonchev–Trinajstić information content (AvgIpc) is 2.75. The summed E-state index contributed by atoms with van der Waals surface area (Å²) in [6.07, 6.45) is 0. The highest BCUT2D eigenvalue weighted by Gasteiger charge is 2.22. The van der Waals surface area contributed by atoms with E-state index in [1.54, 1.807) is 91.0 Å². The first kappa shape index (κ1) is 19.2. The Balaban J connectivity index is 1.73. The van der Waals surface area contributed by atoms with E-state index < -0.39 is 17.9 Å². The molecule has 0 fully saturated rings. The third-order valence-electron chi connectivity index (χ3n) is 3.63. The topological polar surface area (TPSA) is 75.7 Å². The van der Waals surface area contributed by atoms with Crippen LogP contribution in [0.2, 0.25) is 0 Å². The lowest BCUT2D eigenvalue weighted by molar-refractivity contribution is 0.0768. The van der Waals surface area contributed by atoms with Gasteiger partial charge in [0.25, 0.3) is 5.91 Å². The van der Waals surface area contributed by atoms with Gasteiger partial charge < -0.3 is 4.18 Å². The van der Waals surface area contributed by atoms with Gasteiger partial charge in [-0.3, -0.25) is 10.1 Å². The van der Waals surface area contributed by atoms with Crippen LogP contribution in [0.25, 0.3) is 0 Å². The van der Waals surface area contributed by atoms with Crippen LogP contribution in [-0.2, 0) is 4.18 Å². The molecule has 140 valence electrons. The van der Waals surface area contributed by atoms with Gasteiger partial charge >= 0.3 is 12.0 Å². The minimum absolute atomic E-state index is 0.343. The number of rotatable bonds is 5. The molecule has 7 heteroatoms. The van der Waals surface area contributed by atoms with Crippen LogP contribution >= 0.6 is 12.2 Å². The lowest BCUT2D eigenvalue weighted by atomic mass is 10.2. The smallest absolute Gasteiger partial charge is 0.351 e. The molecule has 0 aliphatic carbocycles. The molecule has 0 radical (unpaired) electrons. The zero-order valence-electron chi connectivity index (χ0n) is 14.6. The van der Waals surface area contributed by atoms with Gasteiger partial charge in [-0.15, -0.1) is 0 Å². The lowest BCUT2D eigenvalue weighted by Gasteiger charge is -2.19. The van der Waals surface area contributed by atoms with Crippen molar-refractivity contribution in [3.63, 3.8) is 0 Å². The number of benzene rings is 3. The Hall–Kier alpha value is -3.58. The lowest BCUT2D eigenvalue weighted by Crippen LogP contribution is -2.39.